The highest BCUT2D eigenvalue weighted by atomic mass is 33.1. The monoisotopic (exact) mass is 1540 g/mol. The molecule has 4 aliphatic heterocycles. The Bertz CT molecular complexity index is 3510. The van der Waals surface area contributed by atoms with Crippen LogP contribution in [0.4, 0.5) is 0 Å². The van der Waals surface area contributed by atoms with E-state index in [2.05, 4.69) is 45.0 Å². The van der Waals surface area contributed by atoms with E-state index in [4.69, 9.17) is 126 Å². The highest BCUT2D eigenvalue weighted by Crippen LogP contribution is 2.46. The quantitative estimate of drug-likeness (QED) is 0.00288. The number of aromatic nitrogens is 2. The number of benzene rings is 1. The third-order valence-electron chi connectivity index (χ3n) is 16.0. The standard InChI is InChI=1S/C54H90N23O22PS3/c1-21-17-77(54(86)74-44(21)85)31-14-24(75-76-67)29(93-31)19-91-100(87,88)90-18-22-4-6-23(7-5-22)92-32(78)3-2-10-102-103-12-9-89-8-11-101-20-30-42(98-46-34(73-53(65)66)39(83)37(81)28(95-46)16-69-49(57)58)40(84)47(96-30)99-43-35(79)25(70-50(59)60)13-26(71-51(61)62)41(43)97-45-33(72-52(63)64)38(82)36(80)27(94-45)15-68-48(55)56/h4-7,17,24-31,33-43,45-47,79-84H,2-3,8-16,18-20H2,1H3,(H,87,88)(H4,55,56,68)(H4,57,58,69)(H4,59,60,70)(H4,61,62,71)(H4,63,64,72)(H4,65,66,73)(H,74,85,86)/t24-,25+,26-,27+,28-,29+,30+,31+,33+,34+,35-,36+,37+,38+,39+,40+,41+,42+,43+,45+,46+,47-/m0/s1. The molecule has 576 valence electrons. The van der Waals surface area contributed by atoms with Crippen molar-refractivity contribution in [3.05, 3.63) is 72.9 Å². The molecule has 1 unspecified atom stereocenters. The average molecular weight is 1540 g/mol. The number of aliphatic imine (C=N–C) groups is 6. The van der Waals surface area contributed by atoms with Gasteiger partial charge in [-0.05, 0) is 43.0 Å². The van der Waals surface area contributed by atoms with E-state index in [1.54, 1.807) is 0 Å². The van der Waals surface area contributed by atoms with E-state index in [0.29, 0.717) is 35.8 Å². The smallest absolute Gasteiger partial charge is 0.427 e. The van der Waals surface area contributed by atoms with Crippen molar-refractivity contribution in [1.82, 2.24) is 9.55 Å². The van der Waals surface area contributed by atoms with Gasteiger partial charge in [-0.25, -0.2) is 29.3 Å². The Morgan fingerprint density at radius 1 is 0.641 bits per heavy atom. The first-order valence-corrected chi connectivity index (χ1v) is 36.8. The van der Waals surface area contributed by atoms with Crippen molar-refractivity contribution in [2.24, 2.45) is 104 Å². The number of azide groups is 1. The number of H-pyrrole nitrogens is 1. The number of nitrogens with one attached hydrogen (secondary N) is 1. The lowest BCUT2D eigenvalue weighted by molar-refractivity contribution is -0.306. The predicted molar refractivity (Wildman–Crippen MR) is 373 cm³/mol. The zero-order valence-electron chi connectivity index (χ0n) is 55.3. The number of phosphoric ester groups is 1. The van der Waals surface area contributed by atoms with Crippen molar-refractivity contribution >= 4 is 82.9 Å². The third-order valence-corrected chi connectivity index (χ3v) is 20.4. The Balaban J connectivity index is 0.920. The number of carbonyl (C=O) groups is 1. The molecule has 5 heterocycles. The lowest BCUT2D eigenvalue weighted by Gasteiger charge is -2.47. The lowest BCUT2D eigenvalue weighted by atomic mass is 9.83. The fourth-order valence-corrected chi connectivity index (χ4v) is 14.8. The second-order valence-electron chi connectivity index (χ2n) is 23.7. The first kappa shape index (κ1) is 83.2. The van der Waals surface area contributed by atoms with E-state index < -0.39 is 197 Å². The summed E-state index contributed by atoms with van der Waals surface area (Å²) in [5.74, 6) is -1.57. The number of ether oxygens (including phenoxy) is 9. The zero-order chi connectivity index (χ0) is 75.4. The first-order chi connectivity index (χ1) is 48.8. The molecule has 1 saturated carbocycles. The summed E-state index contributed by atoms with van der Waals surface area (Å²) < 4.78 is 79.4. The van der Waals surface area contributed by atoms with Crippen molar-refractivity contribution < 1.29 is 96.6 Å². The maximum Gasteiger partial charge on any atom is 0.472 e. The van der Waals surface area contributed by atoms with Crippen molar-refractivity contribution in [2.45, 2.75) is 174 Å². The van der Waals surface area contributed by atoms with E-state index in [9.17, 15) is 54.5 Å². The summed E-state index contributed by atoms with van der Waals surface area (Å²) in [4.78, 5) is 76.8. The summed E-state index contributed by atoms with van der Waals surface area (Å²) in [6, 6.07) is -0.509. The molecule has 0 spiro atoms. The maximum absolute atomic E-state index is 12.8. The van der Waals surface area contributed by atoms with Gasteiger partial charge in [0.25, 0.3) is 5.56 Å². The number of aliphatic hydroxyl groups excluding tert-OH is 6. The van der Waals surface area contributed by atoms with E-state index >= 15 is 0 Å². The van der Waals surface area contributed by atoms with Crippen LogP contribution in [0.2, 0.25) is 0 Å². The number of aromatic amines is 1. The lowest BCUT2D eigenvalue weighted by Crippen LogP contribution is -2.64. The first-order valence-electron chi connectivity index (χ1n) is 31.6. The van der Waals surface area contributed by atoms with Crippen LogP contribution in [-0.2, 0) is 62.9 Å². The topological polar surface area (TPSA) is 767 Å². The normalized spacial score (nSPS) is 31.8. The SMILES string of the molecule is Cc1cn([C@H]2C[C@H](N=[N+]=[N-])[C@@H](COP(=O)(O)OCc3ccc(OC(=O)CCCSSCCOCCSC[C@H]4O[C@@H](O[C@@H]5[C@@H](O)[C@H](N=C(N)N)C[C@H](N=C(N)N)[C@H]5O[C@H]5O[C@H](CN=C(N)N)[C@@H](O)[C@H](O)[C@H]5N=C(N)N)[C@H](O)[C@@H]4O[C@H]4O[C@@H](CN=C(N)N)[C@@H](O)[C@H](O)[C@H]4N=C(N)N)cc3)O2)c(=O)[nH]c1=O. The number of aryl methyl sites for hydroxylation is 1. The van der Waals surface area contributed by atoms with E-state index in [1.807, 2.05) is 0 Å². The summed E-state index contributed by atoms with van der Waals surface area (Å²) in [5.41, 5.74) is 77.2. The number of carbonyl (C=O) groups excluding carboxylic acids is 1. The molecule has 103 heavy (non-hydrogen) atoms. The van der Waals surface area contributed by atoms with Gasteiger partial charge in [-0.15, -0.1) is 0 Å². The molecule has 0 amide bonds. The number of aliphatic hydroxyl groups is 6. The van der Waals surface area contributed by atoms with E-state index in [-0.39, 0.29) is 68.0 Å². The van der Waals surface area contributed by atoms with Gasteiger partial charge in [-0.1, -0.05) is 38.8 Å². The summed E-state index contributed by atoms with van der Waals surface area (Å²) in [6.45, 7) is 0.333. The number of nitrogens with zero attached hydrogens (tertiary/aromatic N) is 10. The zero-order valence-corrected chi connectivity index (χ0v) is 58.7. The molecule has 1 aromatic carbocycles. The minimum absolute atomic E-state index is 0.00977. The highest BCUT2D eigenvalue weighted by molar-refractivity contribution is 8.76. The Morgan fingerprint density at radius 3 is 1.78 bits per heavy atom. The van der Waals surface area contributed by atoms with E-state index in [1.165, 1.54) is 70.7 Å². The molecule has 0 radical (unpaired) electrons. The Hall–Kier alpha value is -7.10. The summed E-state index contributed by atoms with van der Waals surface area (Å²) in [7, 11) is -1.67. The molecule has 2 aromatic rings. The van der Waals surface area contributed by atoms with Crippen LogP contribution in [0.25, 0.3) is 10.4 Å². The summed E-state index contributed by atoms with van der Waals surface area (Å²) in [6.07, 6.45) is -24.8. The molecule has 1 aromatic heterocycles. The van der Waals surface area contributed by atoms with Gasteiger partial charge in [0.15, 0.2) is 54.6 Å². The second kappa shape index (κ2) is 39.3. The fourth-order valence-electron chi connectivity index (χ4n) is 11.2. The maximum atomic E-state index is 12.8. The number of nitrogens with two attached hydrogens (primary N) is 12. The number of rotatable bonds is 36. The van der Waals surface area contributed by atoms with Crippen molar-refractivity contribution in [3.63, 3.8) is 0 Å². The number of esters is 1. The molecular formula is C54H90N23O22PS3. The molecule has 5 fully saturated rings. The van der Waals surface area contributed by atoms with Gasteiger partial charge in [0.2, 0.25) is 0 Å². The Morgan fingerprint density at radius 2 is 1.19 bits per heavy atom. The number of phosphoric acid groups is 1. The Labute approximate surface area is 598 Å². The van der Waals surface area contributed by atoms with Gasteiger partial charge >= 0.3 is 19.5 Å². The van der Waals surface area contributed by atoms with Crippen LogP contribution < -0.4 is 84.8 Å². The van der Waals surface area contributed by atoms with Crippen LogP contribution in [0.1, 0.15) is 43.0 Å². The van der Waals surface area contributed by atoms with Crippen molar-refractivity contribution in [2.75, 3.05) is 55.9 Å². The molecule has 1 aliphatic carbocycles. The molecular weight excluding hydrogens is 1450 g/mol. The molecule has 0 bridgehead atoms. The molecule has 7 rings (SSSR count). The van der Waals surface area contributed by atoms with E-state index in [0.717, 1.165) is 4.57 Å². The molecule has 45 nitrogen and oxygen atoms in total. The molecule has 4 saturated heterocycles. The van der Waals surface area contributed by atoms with Crippen LogP contribution >= 0.6 is 41.2 Å². The van der Waals surface area contributed by atoms with Crippen LogP contribution in [0.15, 0.2) is 75.1 Å². The van der Waals surface area contributed by atoms with Gasteiger partial charge in [0.05, 0.1) is 69.9 Å². The van der Waals surface area contributed by atoms with Crippen LogP contribution in [0, 0.1) is 6.92 Å². The van der Waals surface area contributed by atoms with Crippen LogP contribution in [0.3, 0.4) is 0 Å². The van der Waals surface area contributed by atoms with Crippen LogP contribution in [0.5, 0.6) is 5.75 Å². The molecule has 5 aliphatic rings. The number of thioether (sulfide) groups is 1. The van der Waals surface area contributed by atoms with Gasteiger partial charge in [0.1, 0.15) is 91.2 Å². The van der Waals surface area contributed by atoms with Crippen molar-refractivity contribution in [1.29, 1.82) is 0 Å². The summed E-state index contributed by atoms with van der Waals surface area (Å²) >= 11 is 1.29. The third kappa shape index (κ3) is 24.5. The average Bonchev–Trinajstić information content (AvgIpc) is 1.76. The van der Waals surface area contributed by atoms with Gasteiger partial charge in [-0.2, -0.15) is 11.8 Å². The van der Waals surface area contributed by atoms with Crippen molar-refractivity contribution in [3.8, 4) is 5.75 Å². The molecule has 32 N–H and O–H groups in total. The Kier molecular flexibility index (Phi) is 31.7. The minimum Gasteiger partial charge on any atom is -0.427 e. The minimum atomic E-state index is -4.70. The predicted octanol–water partition coefficient (Wildman–Crippen LogP) is -8.02. The highest BCUT2D eigenvalue weighted by Gasteiger charge is 2.56. The molecule has 23 atom stereocenters. The number of hydrogen-bond acceptors (Lipinski definition) is 31. The van der Waals surface area contributed by atoms with Gasteiger partial charge in [-0.3, -0.25) is 38.2 Å². The van der Waals surface area contributed by atoms with Crippen LogP contribution in [-0.4, -0.2) is 271 Å². The fraction of sp³-hybridized carbons (Fsp3) is 0.685. The largest absolute Gasteiger partial charge is 0.472 e. The molecule has 49 heteroatoms. The summed E-state index contributed by atoms with van der Waals surface area (Å²) in [5, 5.41) is 73.2. The number of hydrogen-bond donors (Lipinski definition) is 20. The second-order valence-corrected chi connectivity index (χ2v) is 29.0. The van der Waals surface area contributed by atoms with Gasteiger partial charge < -0.3 is 147 Å². The number of guanidine groups is 6. The van der Waals surface area contributed by atoms with Gasteiger partial charge in [0, 0.05) is 52.5 Å².